The summed E-state index contributed by atoms with van der Waals surface area (Å²) in [5.74, 6) is 0.272. The summed E-state index contributed by atoms with van der Waals surface area (Å²) in [5.41, 5.74) is -0.200. The molecular formula is C18H20F3N5O2. The second kappa shape index (κ2) is 7.40. The Bertz CT molecular complexity index is 924. The summed E-state index contributed by atoms with van der Waals surface area (Å²) in [5, 5.41) is 4.32. The normalized spacial score (nSPS) is 21.9. The highest BCUT2D eigenvalue weighted by Gasteiger charge is 2.36. The second-order valence-electron chi connectivity index (χ2n) is 7.20. The highest BCUT2D eigenvalue weighted by molar-refractivity contribution is 5.81. The molecule has 7 nitrogen and oxygen atoms in total. The third kappa shape index (κ3) is 3.43. The van der Waals surface area contributed by atoms with E-state index in [9.17, 15) is 22.8 Å². The molecule has 28 heavy (non-hydrogen) atoms. The van der Waals surface area contributed by atoms with Crippen LogP contribution in [0.4, 0.5) is 13.2 Å². The van der Waals surface area contributed by atoms with Crippen molar-refractivity contribution in [2.75, 3.05) is 13.1 Å². The van der Waals surface area contributed by atoms with Crippen LogP contribution in [0.3, 0.4) is 0 Å². The van der Waals surface area contributed by atoms with E-state index in [0.717, 1.165) is 0 Å². The van der Waals surface area contributed by atoms with Crippen LogP contribution in [0.15, 0.2) is 23.1 Å². The van der Waals surface area contributed by atoms with Gasteiger partial charge in [0.1, 0.15) is 23.7 Å². The van der Waals surface area contributed by atoms with Crippen molar-refractivity contribution in [3.63, 3.8) is 0 Å². The summed E-state index contributed by atoms with van der Waals surface area (Å²) in [6.45, 7) is 0.499. The summed E-state index contributed by atoms with van der Waals surface area (Å²) in [4.78, 5) is 30.8. The van der Waals surface area contributed by atoms with Crippen molar-refractivity contribution < 1.29 is 18.0 Å². The number of carbonyl (C=O) groups is 1. The van der Waals surface area contributed by atoms with E-state index in [1.165, 1.54) is 32.5 Å². The van der Waals surface area contributed by atoms with Gasteiger partial charge >= 0.3 is 5.69 Å². The first kappa shape index (κ1) is 18.7. The predicted molar refractivity (Wildman–Crippen MR) is 92.9 cm³/mol. The molecule has 2 atom stereocenters. The fourth-order valence-electron chi connectivity index (χ4n) is 3.83. The van der Waals surface area contributed by atoms with Crippen molar-refractivity contribution in [3.05, 3.63) is 45.9 Å². The lowest BCUT2D eigenvalue weighted by Crippen LogP contribution is -2.41. The van der Waals surface area contributed by atoms with E-state index in [0.29, 0.717) is 43.6 Å². The van der Waals surface area contributed by atoms with Crippen molar-refractivity contribution in [2.45, 2.75) is 50.9 Å². The van der Waals surface area contributed by atoms with Gasteiger partial charge in [-0.15, -0.1) is 0 Å². The SMILES string of the molecule is O=C([C@@H]1CCCc2nn(Cc3ccc(C(F)F)nc3)c(=O)n21)N1CC[C@H](F)C1. The van der Waals surface area contributed by atoms with Crippen molar-refractivity contribution in [1.82, 2.24) is 24.2 Å². The van der Waals surface area contributed by atoms with E-state index in [1.54, 1.807) is 0 Å². The first-order chi connectivity index (χ1) is 13.4. The molecule has 2 aliphatic heterocycles. The Morgan fingerprint density at radius 2 is 2.11 bits per heavy atom. The summed E-state index contributed by atoms with van der Waals surface area (Å²) < 4.78 is 41.3. The quantitative estimate of drug-likeness (QED) is 0.792. The number of nitrogens with zero attached hydrogens (tertiary/aromatic N) is 5. The zero-order valence-corrected chi connectivity index (χ0v) is 15.1. The average molecular weight is 395 g/mol. The van der Waals surface area contributed by atoms with Crippen LogP contribution in [0.25, 0.3) is 0 Å². The summed E-state index contributed by atoms with van der Waals surface area (Å²) in [7, 11) is 0. The molecule has 0 radical (unpaired) electrons. The van der Waals surface area contributed by atoms with Crippen molar-refractivity contribution in [1.29, 1.82) is 0 Å². The third-order valence-corrected chi connectivity index (χ3v) is 5.26. The van der Waals surface area contributed by atoms with Gasteiger partial charge < -0.3 is 4.90 Å². The second-order valence-corrected chi connectivity index (χ2v) is 7.20. The molecule has 0 N–H and O–H groups in total. The number of halogens is 3. The lowest BCUT2D eigenvalue weighted by Gasteiger charge is -2.26. The Morgan fingerprint density at radius 1 is 1.29 bits per heavy atom. The van der Waals surface area contributed by atoms with Gasteiger partial charge in [0, 0.05) is 19.2 Å². The van der Waals surface area contributed by atoms with Crippen molar-refractivity contribution in [3.8, 4) is 0 Å². The molecule has 2 aromatic rings. The molecule has 2 aliphatic rings. The maximum Gasteiger partial charge on any atom is 0.346 e. The molecule has 4 heterocycles. The molecule has 2 aromatic heterocycles. The molecule has 0 saturated carbocycles. The number of likely N-dealkylation sites (tertiary alicyclic amines) is 1. The molecule has 1 saturated heterocycles. The van der Waals surface area contributed by atoms with Crippen LogP contribution in [0.2, 0.25) is 0 Å². The topological polar surface area (TPSA) is 73.0 Å². The van der Waals surface area contributed by atoms with E-state index in [2.05, 4.69) is 10.1 Å². The Hall–Kier alpha value is -2.65. The zero-order chi connectivity index (χ0) is 19.8. The maximum absolute atomic E-state index is 13.5. The Labute approximate surface area is 158 Å². The molecule has 1 fully saturated rings. The standard InChI is InChI=1S/C18H20F3N5O2/c19-12-6-7-24(10-12)17(27)14-2-1-3-15-23-25(18(28)26(14)15)9-11-4-5-13(16(20)21)22-8-11/h4-5,8,12,14,16H,1-3,6-7,9-10H2/t12-,14-/m0/s1. The average Bonchev–Trinajstić information content (AvgIpc) is 3.25. The molecule has 0 bridgehead atoms. The number of amides is 1. The molecule has 10 heteroatoms. The number of aromatic nitrogens is 4. The number of carbonyl (C=O) groups excluding carboxylic acids is 1. The van der Waals surface area contributed by atoms with E-state index in [4.69, 9.17) is 0 Å². The molecule has 0 unspecified atom stereocenters. The van der Waals surface area contributed by atoms with Gasteiger partial charge in [-0.05, 0) is 30.9 Å². The van der Waals surface area contributed by atoms with Crippen LogP contribution in [0.5, 0.6) is 0 Å². The Morgan fingerprint density at radius 3 is 2.75 bits per heavy atom. The number of hydrogen-bond acceptors (Lipinski definition) is 4. The van der Waals surface area contributed by atoms with Gasteiger partial charge in [0.15, 0.2) is 0 Å². The van der Waals surface area contributed by atoms with E-state index in [-0.39, 0.29) is 24.7 Å². The molecule has 0 aromatic carbocycles. The monoisotopic (exact) mass is 395 g/mol. The van der Waals surface area contributed by atoms with Crippen LogP contribution in [0.1, 0.15) is 48.8 Å². The predicted octanol–water partition coefficient (Wildman–Crippen LogP) is 1.87. The highest BCUT2D eigenvalue weighted by Crippen LogP contribution is 2.26. The molecular weight excluding hydrogens is 375 g/mol. The van der Waals surface area contributed by atoms with Crippen molar-refractivity contribution in [2.24, 2.45) is 0 Å². The van der Waals surface area contributed by atoms with E-state index in [1.807, 2.05) is 0 Å². The minimum atomic E-state index is -2.65. The Balaban J connectivity index is 1.58. The van der Waals surface area contributed by atoms with Gasteiger partial charge in [-0.1, -0.05) is 6.07 Å². The van der Waals surface area contributed by atoms with Gasteiger partial charge in [0.05, 0.1) is 13.1 Å². The van der Waals surface area contributed by atoms with Crippen LogP contribution < -0.4 is 5.69 Å². The van der Waals surface area contributed by atoms with Gasteiger partial charge in [-0.25, -0.2) is 22.6 Å². The highest BCUT2D eigenvalue weighted by atomic mass is 19.3. The van der Waals surface area contributed by atoms with E-state index < -0.39 is 24.3 Å². The molecule has 1 amide bonds. The molecule has 0 aliphatic carbocycles. The van der Waals surface area contributed by atoms with Gasteiger partial charge in [-0.2, -0.15) is 5.10 Å². The largest absolute Gasteiger partial charge is 0.346 e. The summed E-state index contributed by atoms with van der Waals surface area (Å²) in [6.07, 6.45) is -0.268. The van der Waals surface area contributed by atoms with E-state index >= 15 is 0 Å². The number of pyridine rings is 1. The van der Waals surface area contributed by atoms with Crippen LogP contribution >= 0.6 is 0 Å². The maximum atomic E-state index is 13.5. The fourth-order valence-corrected chi connectivity index (χ4v) is 3.83. The molecule has 0 spiro atoms. The zero-order valence-electron chi connectivity index (χ0n) is 15.1. The van der Waals surface area contributed by atoms with Crippen LogP contribution in [-0.4, -0.2) is 49.4 Å². The number of rotatable bonds is 4. The van der Waals surface area contributed by atoms with Gasteiger partial charge in [0.25, 0.3) is 6.43 Å². The number of aryl methyl sites for hydroxylation is 1. The first-order valence-electron chi connectivity index (χ1n) is 9.28. The number of fused-ring (bicyclic) bond motifs is 1. The number of alkyl halides is 3. The van der Waals surface area contributed by atoms with Gasteiger partial charge in [-0.3, -0.25) is 14.3 Å². The Kier molecular flexibility index (Phi) is 4.94. The fraction of sp³-hybridized carbons (Fsp3) is 0.556. The molecule has 4 rings (SSSR count). The summed E-state index contributed by atoms with van der Waals surface area (Å²) >= 11 is 0. The third-order valence-electron chi connectivity index (χ3n) is 5.26. The molecule has 150 valence electrons. The lowest BCUT2D eigenvalue weighted by molar-refractivity contribution is -0.134. The minimum absolute atomic E-state index is 0.0652. The van der Waals surface area contributed by atoms with Gasteiger partial charge in [0.2, 0.25) is 5.91 Å². The van der Waals surface area contributed by atoms with Crippen LogP contribution in [0, 0.1) is 0 Å². The first-order valence-corrected chi connectivity index (χ1v) is 9.28. The smallest absolute Gasteiger partial charge is 0.338 e. The van der Waals surface area contributed by atoms with Crippen LogP contribution in [-0.2, 0) is 17.8 Å². The minimum Gasteiger partial charge on any atom is -0.338 e. The summed E-state index contributed by atoms with van der Waals surface area (Å²) in [6, 6.07) is 2.02. The number of hydrogen-bond donors (Lipinski definition) is 0. The lowest BCUT2D eigenvalue weighted by atomic mass is 10.0. The van der Waals surface area contributed by atoms with Crippen molar-refractivity contribution >= 4 is 5.91 Å².